The first-order valence-corrected chi connectivity index (χ1v) is 4.68. The lowest BCUT2D eigenvalue weighted by Gasteiger charge is -2.20. The molecular formula is C11H13NO3. The second kappa shape index (κ2) is 4.59. The van der Waals surface area contributed by atoms with E-state index in [1.807, 2.05) is 19.1 Å². The first-order valence-electron chi connectivity index (χ1n) is 4.68. The van der Waals surface area contributed by atoms with Gasteiger partial charge in [0.1, 0.15) is 0 Å². The van der Waals surface area contributed by atoms with Crippen LogP contribution in [-0.2, 0) is 9.59 Å². The number of amides is 1. The van der Waals surface area contributed by atoms with Crippen LogP contribution in [0.4, 0.5) is 5.69 Å². The van der Waals surface area contributed by atoms with Crippen LogP contribution in [0.5, 0.6) is 0 Å². The Hall–Kier alpha value is -1.84. The van der Waals surface area contributed by atoms with Crippen molar-refractivity contribution < 1.29 is 14.7 Å². The van der Waals surface area contributed by atoms with Crippen molar-refractivity contribution in [2.75, 3.05) is 11.4 Å². The average Bonchev–Trinajstić information content (AvgIpc) is 2.21. The third kappa shape index (κ3) is 2.34. The lowest BCUT2D eigenvalue weighted by Crippen LogP contribution is -2.36. The lowest BCUT2D eigenvalue weighted by molar-refractivity contribution is -0.148. The molecule has 0 aliphatic carbocycles. The molecular weight excluding hydrogens is 194 g/mol. The maximum atomic E-state index is 11.4. The summed E-state index contributed by atoms with van der Waals surface area (Å²) in [7, 11) is 0. The minimum atomic E-state index is -1.43. The predicted molar refractivity (Wildman–Crippen MR) is 56.8 cm³/mol. The number of benzene rings is 1. The molecule has 0 bridgehead atoms. The number of carboxylic acids is 1. The van der Waals surface area contributed by atoms with Gasteiger partial charge >= 0.3 is 11.9 Å². The summed E-state index contributed by atoms with van der Waals surface area (Å²) in [5.74, 6) is -2.33. The molecule has 1 aromatic carbocycles. The predicted octanol–water partition coefficient (Wildman–Crippen LogP) is 1.43. The van der Waals surface area contributed by atoms with E-state index in [-0.39, 0.29) is 0 Å². The third-order valence-corrected chi connectivity index (χ3v) is 2.15. The van der Waals surface area contributed by atoms with Gasteiger partial charge < -0.3 is 10.0 Å². The second-order valence-electron chi connectivity index (χ2n) is 3.14. The fourth-order valence-corrected chi connectivity index (χ4v) is 1.41. The molecule has 1 aromatic rings. The Labute approximate surface area is 88.1 Å². The zero-order chi connectivity index (χ0) is 11.4. The molecule has 0 aromatic heterocycles. The highest BCUT2D eigenvalue weighted by atomic mass is 16.4. The Morgan fingerprint density at radius 3 is 2.40 bits per heavy atom. The van der Waals surface area contributed by atoms with Crippen LogP contribution in [0, 0.1) is 6.92 Å². The molecule has 15 heavy (non-hydrogen) atoms. The van der Waals surface area contributed by atoms with E-state index in [2.05, 4.69) is 0 Å². The van der Waals surface area contributed by atoms with Crippen LogP contribution in [0.25, 0.3) is 0 Å². The van der Waals surface area contributed by atoms with Gasteiger partial charge in [-0.05, 0) is 25.5 Å². The van der Waals surface area contributed by atoms with Crippen molar-refractivity contribution in [2.24, 2.45) is 0 Å². The summed E-state index contributed by atoms with van der Waals surface area (Å²) in [5, 5.41) is 8.64. The van der Waals surface area contributed by atoms with Crippen molar-refractivity contribution >= 4 is 17.6 Å². The first-order chi connectivity index (χ1) is 7.07. The summed E-state index contributed by atoms with van der Waals surface area (Å²) in [6.45, 7) is 3.93. The fourth-order valence-electron chi connectivity index (χ4n) is 1.41. The van der Waals surface area contributed by atoms with Gasteiger partial charge in [0, 0.05) is 12.2 Å². The number of carboxylic acid groups (broad SMARTS) is 1. The summed E-state index contributed by atoms with van der Waals surface area (Å²) < 4.78 is 0. The molecule has 0 aliphatic rings. The molecule has 1 amide bonds. The zero-order valence-corrected chi connectivity index (χ0v) is 8.73. The Balaban J connectivity index is 3.08. The number of carbonyl (C=O) groups excluding carboxylic acids is 1. The maximum Gasteiger partial charge on any atom is 0.394 e. The van der Waals surface area contributed by atoms with Crippen LogP contribution in [0.15, 0.2) is 24.3 Å². The molecule has 0 aliphatic heterocycles. The van der Waals surface area contributed by atoms with E-state index in [4.69, 9.17) is 5.11 Å². The van der Waals surface area contributed by atoms with Crippen LogP contribution in [-0.4, -0.2) is 23.5 Å². The number of hydrogen-bond acceptors (Lipinski definition) is 2. The van der Waals surface area contributed by atoms with Crippen molar-refractivity contribution in [1.29, 1.82) is 0 Å². The normalized spacial score (nSPS) is 9.73. The summed E-state index contributed by atoms with van der Waals surface area (Å²) in [6, 6.07) is 7.20. The SMILES string of the molecule is CCN(C(=O)C(=O)O)c1ccccc1C. The summed E-state index contributed by atoms with van der Waals surface area (Å²) in [6.07, 6.45) is 0. The van der Waals surface area contributed by atoms with E-state index in [0.29, 0.717) is 12.2 Å². The van der Waals surface area contributed by atoms with Gasteiger partial charge in [0.05, 0.1) is 0 Å². The zero-order valence-electron chi connectivity index (χ0n) is 8.73. The minimum absolute atomic E-state index is 0.343. The molecule has 80 valence electrons. The van der Waals surface area contributed by atoms with Crippen molar-refractivity contribution in [3.05, 3.63) is 29.8 Å². The van der Waals surface area contributed by atoms with Gasteiger partial charge in [0.15, 0.2) is 0 Å². The number of anilines is 1. The minimum Gasteiger partial charge on any atom is -0.474 e. The number of nitrogens with zero attached hydrogens (tertiary/aromatic N) is 1. The number of hydrogen-bond donors (Lipinski definition) is 1. The van der Waals surface area contributed by atoms with E-state index in [9.17, 15) is 9.59 Å². The van der Waals surface area contributed by atoms with Gasteiger partial charge in [-0.2, -0.15) is 0 Å². The number of aryl methyl sites for hydroxylation is 1. The van der Waals surface area contributed by atoms with Gasteiger partial charge in [-0.15, -0.1) is 0 Å². The van der Waals surface area contributed by atoms with Crippen molar-refractivity contribution in [1.82, 2.24) is 0 Å². The largest absolute Gasteiger partial charge is 0.474 e. The first kappa shape index (κ1) is 11.2. The van der Waals surface area contributed by atoms with Crippen molar-refractivity contribution in [3.8, 4) is 0 Å². The number of aliphatic carboxylic acids is 1. The molecule has 0 saturated heterocycles. The molecule has 0 spiro atoms. The van der Waals surface area contributed by atoms with Gasteiger partial charge in [0.25, 0.3) is 0 Å². The van der Waals surface area contributed by atoms with Crippen LogP contribution >= 0.6 is 0 Å². The van der Waals surface area contributed by atoms with Gasteiger partial charge in [-0.25, -0.2) is 4.79 Å². The Morgan fingerprint density at radius 2 is 1.93 bits per heavy atom. The number of rotatable bonds is 2. The molecule has 0 unspecified atom stereocenters. The van der Waals surface area contributed by atoms with Crippen LogP contribution < -0.4 is 4.90 Å². The van der Waals surface area contributed by atoms with E-state index in [1.54, 1.807) is 19.1 Å². The Kier molecular flexibility index (Phi) is 3.44. The average molecular weight is 207 g/mol. The molecule has 4 heteroatoms. The van der Waals surface area contributed by atoms with Crippen LogP contribution in [0.1, 0.15) is 12.5 Å². The van der Waals surface area contributed by atoms with Gasteiger partial charge in [0.2, 0.25) is 0 Å². The highest BCUT2D eigenvalue weighted by Crippen LogP contribution is 2.19. The van der Waals surface area contributed by atoms with E-state index < -0.39 is 11.9 Å². The monoisotopic (exact) mass is 207 g/mol. The highest BCUT2D eigenvalue weighted by Gasteiger charge is 2.21. The second-order valence-corrected chi connectivity index (χ2v) is 3.14. The van der Waals surface area contributed by atoms with E-state index in [0.717, 1.165) is 5.56 Å². The maximum absolute atomic E-state index is 11.4. The van der Waals surface area contributed by atoms with Crippen LogP contribution in [0.2, 0.25) is 0 Å². The topological polar surface area (TPSA) is 57.6 Å². The molecule has 0 saturated carbocycles. The molecule has 0 atom stereocenters. The summed E-state index contributed by atoms with van der Waals surface area (Å²) in [5.41, 5.74) is 1.53. The highest BCUT2D eigenvalue weighted by molar-refractivity contribution is 6.37. The number of carbonyl (C=O) groups is 2. The standard InChI is InChI=1S/C11H13NO3/c1-3-12(10(13)11(14)15)9-7-5-4-6-8(9)2/h4-7H,3H2,1-2H3,(H,14,15). The van der Waals surface area contributed by atoms with E-state index in [1.165, 1.54) is 4.90 Å². The molecule has 0 heterocycles. The quantitative estimate of drug-likeness (QED) is 0.746. The molecule has 0 radical (unpaired) electrons. The van der Waals surface area contributed by atoms with Crippen molar-refractivity contribution in [2.45, 2.75) is 13.8 Å². The molecule has 0 fully saturated rings. The van der Waals surface area contributed by atoms with Gasteiger partial charge in [-0.1, -0.05) is 18.2 Å². The number of para-hydroxylation sites is 1. The molecule has 1 N–H and O–H groups in total. The lowest BCUT2D eigenvalue weighted by atomic mass is 10.2. The smallest absolute Gasteiger partial charge is 0.394 e. The van der Waals surface area contributed by atoms with E-state index >= 15 is 0 Å². The van der Waals surface area contributed by atoms with Gasteiger partial charge in [-0.3, -0.25) is 4.79 Å². The Morgan fingerprint density at radius 1 is 1.33 bits per heavy atom. The number of likely N-dealkylation sites (N-methyl/N-ethyl adjacent to an activating group) is 1. The molecule has 4 nitrogen and oxygen atoms in total. The fraction of sp³-hybridized carbons (Fsp3) is 0.273. The van der Waals surface area contributed by atoms with Crippen molar-refractivity contribution in [3.63, 3.8) is 0 Å². The summed E-state index contributed by atoms with van der Waals surface area (Å²) in [4.78, 5) is 23.2. The molecule has 1 rings (SSSR count). The Bertz CT molecular complexity index is 387. The van der Waals surface area contributed by atoms with Crippen LogP contribution in [0.3, 0.4) is 0 Å². The summed E-state index contributed by atoms with van der Waals surface area (Å²) >= 11 is 0. The third-order valence-electron chi connectivity index (χ3n) is 2.15.